The van der Waals surface area contributed by atoms with Crippen molar-refractivity contribution in [2.75, 3.05) is 12.4 Å². The molecular formula is C39H43N3O6. The summed E-state index contributed by atoms with van der Waals surface area (Å²) in [5.74, 6) is -0.941. The number of ether oxygens (including phenoxy) is 1. The molecule has 9 nitrogen and oxygen atoms in total. The third kappa shape index (κ3) is 10.6. The fraction of sp³-hybridized carbons (Fsp3) is 0.282. The Balaban J connectivity index is 1.18. The monoisotopic (exact) mass is 649 g/mol. The van der Waals surface area contributed by atoms with Crippen molar-refractivity contribution in [3.05, 3.63) is 138 Å². The van der Waals surface area contributed by atoms with E-state index in [1.165, 1.54) is 7.11 Å². The number of esters is 1. The molecule has 250 valence electrons. The lowest BCUT2D eigenvalue weighted by atomic mass is 9.80. The van der Waals surface area contributed by atoms with Gasteiger partial charge >= 0.3 is 5.97 Å². The minimum absolute atomic E-state index is 0.0394. The Labute approximate surface area is 282 Å². The predicted octanol–water partition coefficient (Wildman–Crippen LogP) is 6.58. The highest BCUT2D eigenvalue weighted by atomic mass is 16.7. The molecule has 4 aromatic rings. The number of hydroxylamine groups is 1. The lowest BCUT2D eigenvalue weighted by Gasteiger charge is -2.35. The van der Waals surface area contributed by atoms with Gasteiger partial charge in [0.05, 0.1) is 13.5 Å². The minimum atomic E-state index is -1.03. The molecule has 4 aromatic carbocycles. The highest BCUT2D eigenvalue weighted by molar-refractivity contribution is 5.90. The van der Waals surface area contributed by atoms with Gasteiger partial charge in [0.2, 0.25) is 17.7 Å². The highest BCUT2D eigenvalue weighted by Gasteiger charge is 2.39. The molecule has 0 aromatic heterocycles. The normalized spacial score (nSPS) is 10.9. The van der Waals surface area contributed by atoms with Crippen molar-refractivity contribution in [3.8, 4) is 0 Å². The summed E-state index contributed by atoms with van der Waals surface area (Å²) in [6, 6.07) is 36.8. The summed E-state index contributed by atoms with van der Waals surface area (Å²) >= 11 is 0. The van der Waals surface area contributed by atoms with Crippen LogP contribution in [0.25, 0.3) is 0 Å². The van der Waals surface area contributed by atoms with E-state index in [1.807, 2.05) is 103 Å². The Morgan fingerprint density at radius 1 is 0.562 bits per heavy atom. The van der Waals surface area contributed by atoms with Gasteiger partial charge in [0.25, 0.3) is 0 Å². The Morgan fingerprint density at radius 3 is 1.56 bits per heavy atom. The first-order valence-corrected chi connectivity index (χ1v) is 16.3. The number of hydrogen-bond donors (Lipinski definition) is 3. The maximum absolute atomic E-state index is 13.0. The molecular weight excluding hydrogens is 606 g/mol. The van der Waals surface area contributed by atoms with Gasteiger partial charge in [-0.05, 0) is 47.2 Å². The van der Waals surface area contributed by atoms with Crippen LogP contribution in [-0.4, -0.2) is 30.8 Å². The van der Waals surface area contributed by atoms with E-state index in [2.05, 4.69) is 20.9 Å². The van der Waals surface area contributed by atoms with Crippen LogP contribution in [0.3, 0.4) is 0 Å². The number of unbranched alkanes of at least 4 members (excludes halogenated alkanes) is 3. The summed E-state index contributed by atoms with van der Waals surface area (Å²) in [7, 11) is 1.29. The molecule has 0 radical (unpaired) electrons. The van der Waals surface area contributed by atoms with E-state index in [-0.39, 0.29) is 30.6 Å². The van der Waals surface area contributed by atoms with Crippen molar-refractivity contribution in [2.45, 2.75) is 63.5 Å². The second kappa shape index (κ2) is 18.8. The van der Waals surface area contributed by atoms with Crippen molar-refractivity contribution in [2.24, 2.45) is 0 Å². The first-order chi connectivity index (χ1) is 23.4. The third-order valence-corrected chi connectivity index (χ3v) is 7.93. The van der Waals surface area contributed by atoms with Gasteiger partial charge < -0.3 is 15.4 Å². The van der Waals surface area contributed by atoms with Gasteiger partial charge in [0.15, 0.2) is 5.60 Å². The third-order valence-electron chi connectivity index (χ3n) is 7.93. The predicted molar refractivity (Wildman–Crippen MR) is 184 cm³/mol. The second-order valence-electron chi connectivity index (χ2n) is 11.4. The number of carbonyl (C=O) groups is 4. The summed E-state index contributed by atoms with van der Waals surface area (Å²) < 4.78 is 4.54. The quantitative estimate of drug-likeness (QED) is 0.0485. The van der Waals surface area contributed by atoms with E-state index in [9.17, 15) is 19.2 Å². The highest BCUT2D eigenvalue weighted by Crippen LogP contribution is 2.39. The van der Waals surface area contributed by atoms with E-state index in [0.717, 1.165) is 35.1 Å². The number of carbonyl (C=O) groups excluding carboxylic acids is 4. The smallest absolute Gasteiger partial charge is 0.306 e. The zero-order valence-corrected chi connectivity index (χ0v) is 27.3. The van der Waals surface area contributed by atoms with E-state index >= 15 is 0 Å². The molecule has 0 bridgehead atoms. The number of hydrogen-bond acceptors (Lipinski definition) is 6. The lowest BCUT2D eigenvalue weighted by molar-refractivity contribution is -0.143. The Hall–Kier alpha value is -5.28. The van der Waals surface area contributed by atoms with Gasteiger partial charge in [-0.25, -0.2) is 5.48 Å². The average molecular weight is 650 g/mol. The summed E-state index contributed by atoms with van der Waals surface area (Å²) in [5, 5.41) is 5.65. The number of methoxy groups -OCH3 is 1. The summed E-state index contributed by atoms with van der Waals surface area (Å²) in [4.78, 5) is 54.8. The average Bonchev–Trinajstić information content (AvgIpc) is 3.13. The topological polar surface area (TPSA) is 123 Å². The van der Waals surface area contributed by atoms with Gasteiger partial charge in [-0.1, -0.05) is 116 Å². The fourth-order valence-electron chi connectivity index (χ4n) is 5.34. The standard InChI is InChI=1S/C39H43N3O6/c1-47-38(46)28-27-35(43)40-29-30-23-25-34(26-24-30)41-36(44)21-13-2-3-14-22-37(45)42-48-39(31-15-7-4-8-16-31,32-17-9-5-10-18-32)33-19-11-6-12-20-33/h4-12,15-20,23-26H,2-3,13-14,21-22,27-29H2,1H3,(H,40,43)(H,41,44)(H,42,45). The Kier molecular flexibility index (Phi) is 13.9. The van der Waals surface area contributed by atoms with Crippen molar-refractivity contribution < 1.29 is 28.8 Å². The van der Waals surface area contributed by atoms with Crippen molar-refractivity contribution in [1.29, 1.82) is 0 Å². The maximum atomic E-state index is 13.0. The molecule has 0 heterocycles. The molecule has 0 saturated carbocycles. The molecule has 48 heavy (non-hydrogen) atoms. The fourth-order valence-corrected chi connectivity index (χ4v) is 5.34. The van der Waals surface area contributed by atoms with Crippen LogP contribution in [0.15, 0.2) is 115 Å². The van der Waals surface area contributed by atoms with Crippen molar-refractivity contribution >= 4 is 29.4 Å². The Bertz CT molecular complexity index is 1500. The van der Waals surface area contributed by atoms with Crippen LogP contribution in [-0.2, 0) is 40.9 Å². The molecule has 0 aliphatic carbocycles. The first kappa shape index (κ1) is 35.6. The van der Waals surface area contributed by atoms with E-state index in [0.29, 0.717) is 37.9 Å². The molecule has 4 rings (SSSR count). The number of nitrogens with one attached hydrogen (secondary N) is 3. The second-order valence-corrected chi connectivity index (χ2v) is 11.4. The molecule has 0 spiro atoms. The molecule has 0 fully saturated rings. The first-order valence-electron chi connectivity index (χ1n) is 16.3. The lowest BCUT2D eigenvalue weighted by Crippen LogP contribution is -2.40. The summed E-state index contributed by atoms with van der Waals surface area (Å²) in [6.07, 6.45) is 3.80. The van der Waals surface area contributed by atoms with Gasteiger partial charge in [0.1, 0.15) is 0 Å². The molecule has 0 atom stereocenters. The van der Waals surface area contributed by atoms with Crippen LogP contribution in [0.1, 0.15) is 73.6 Å². The van der Waals surface area contributed by atoms with Crippen LogP contribution in [0.4, 0.5) is 5.69 Å². The van der Waals surface area contributed by atoms with Crippen LogP contribution < -0.4 is 16.1 Å². The molecule has 0 aliphatic heterocycles. The maximum Gasteiger partial charge on any atom is 0.306 e. The number of rotatable bonds is 18. The van der Waals surface area contributed by atoms with Crippen LogP contribution in [0.2, 0.25) is 0 Å². The number of anilines is 1. The zero-order chi connectivity index (χ0) is 34.0. The summed E-state index contributed by atoms with van der Waals surface area (Å²) in [6.45, 7) is 0.326. The van der Waals surface area contributed by atoms with Gasteiger partial charge in [-0.2, -0.15) is 0 Å². The SMILES string of the molecule is COC(=O)CCC(=O)NCc1ccc(NC(=O)CCCCCCC(=O)NOC(c2ccccc2)(c2ccccc2)c2ccccc2)cc1. The summed E-state index contributed by atoms with van der Waals surface area (Å²) in [5.41, 5.74) is 5.96. The van der Waals surface area contributed by atoms with E-state index in [4.69, 9.17) is 4.84 Å². The largest absolute Gasteiger partial charge is 0.469 e. The molecule has 0 aliphatic rings. The van der Waals surface area contributed by atoms with Crippen LogP contribution in [0, 0.1) is 0 Å². The Morgan fingerprint density at radius 2 is 1.06 bits per heavy atom. The minimum Gasteiger partial charge on any atom is -0.469 e. The molecule has 3 N–H and O–H groups in total. The van der Waals surface area contributed by atoms with Crippen molar-refractivity contribution in [1.82, 2.24) is 10.8 Å². The number of amides is 3. The van der Waals surface area contributed by atoms with Crippen molar-refractivity contribution in [3.63, 3.8) is 0 Å². The van der Waals surface area contributed by atoms with E-state index < -0.39 is 11.6 Å². The molecule has 3 amide bonds. The van der Waals surface area contributed by atoms with Gasteiger partial charge in [-0.15, -0.1) is 0 Å². The van der Waals surface area contributed by atoms with Gasteiger partial charge in [0, 0.05) is 31.5 Å². The molecule has 0 unspecified atom stereocenters. The number of benzene rings is 4. The molecule has 9 heteroatoms. The van der Waals surface area contributed by atoms with Crippen LogP contribution in [0.5, 0.6) is 0 Å². The molecule has 0 saturated heterocycles. The van der Waals surface area contributed by atoms with Gasteiger partial charge in [-0.3, -0.25) is 24.0 Å². The van der Waals surface area contributed by atoms with Crippen LogP contribution >= 0.6 is 0 Å². The van der Waals surface area contributed by atoms with E-state index in [1.54, 1.807) is 12.1 Å². The zero-order valence-electron chi connectivity index (χ0n) is 27.3.